The van der Waals surface area contributed by atoms with Crippen molar-refractivity contribution in [1.82, 2.24) is 19.5 Å². The molecule has 10 heteroatoms. The molecule has 0 unspecified atom stereocenters. The van der Waals surface area contributed by atoms with E-state index in [2.05, 4.69) is 20.3 Å². The summed E-state index contributed by atoms with van der Waals surface area (Å²) in [7, 11) is 1.53. The molecule has 0 saturated heterocycles. The lowest BCUT2D eigenvalue weighted by Crippen LogP contribution is -2.10. The van der Waals surface area contributed by atoms with Crippen molar-refractivity contribution in [1.29, 1.82) is 0 Å². The fraction of sp³-hybridized carbons (Fsp3) is 0.316. The fourth-order valence-electron chi connectivity index (χ4n) is 2.64. The van der Waals surface area contributed by atoms with Gasteiger partial charge < -0.3 is 14.6 Å². The number of benzene rings is 1. The number of nitrogens with zero attached hydrogens (tertiary/aromatic N) is 4. The lowest BCUT2D eigenvalue weighted by Gasteiger charge is -2.14. The van der Waals surface area contributed by atoms with E-state index in [-0.39, 0.29) is 17.2 Å². The summed E-state index contributed by atoms with van der Waals surface area (Å²) in [6.07, 6.45) is -2.06. The second-order valence-corrected chi connectivity index (χ2v) is 6.97. The molecule has 1 aromatic carbocycles. The Bertz CT molecular complexity index is 986. The fourth-order valence-corrected chi connectivity index (χ4v) is 2.78. The Kier molecular flexibility index (Phi) is 5.97. The second kappa shape index (κ2) is 8.28. The molecule has 0 saturated carbocycles. The summed E-state index contributed by atoms with van der Waals surface area (Å²) in [6, 6.07) is 7.04. The van der Waals surface area contributed by atoms with Gasteiger partial charge in [0.25, 0.3) is 0 Å². The predicted octanol–water partition coefficient (Wildman–Crippen LogP) is 4.95. The molecule has 0 aliphatic carbocycles. The number of rotatable bonds is 6. The zero-order valence-corrected chi connectivity index (χ0v) is 16.7. The third-order valence-electron chi connectivity index (χ3n) is 3.93. The zero-order valence-electron chi connectivity index (χ0n) is 16.0. The highest BCUT2D eigenvalue weighted by atomic mass is 35.5. The van der Waals surface area contributed by atoms with E-state index in [1.54, 1.807) is 24.3 Å². The van der Waals surface area contributed by atoms with Crippen LogP contribution in [0.15, 0.2) is 36.7 Å². The maximum atomic E-state index is 12.8. The average molecular weight is 426 g/mol. The minimum atomic E-state index is -4.48. The van der Waals surface area contributed by atoms with E-state index in [1.165, 1.54) is 17.8 Å². The minimum absolute atomic E-state index is 0.0565. The normalized spacial score (nSPS) is 11.7. The first-order valence-electron chi connectivity index (χ1n) is 8.76. The molecule has 2 aromatic heterocycles. The summed E-state index contributed by atoms with van der Waals surface area (Å²) < 4.78 is 45.6. The van der Waals surface area contributed by atoms with Gasteiger partial charge in [-0.2, -0.15) is 18.2 Å². The highest BCUT2D eigenvalue weighted by Gasteiger charge is 2.34. The SMILES string of the molecule is CC(C)Oc1cnc(Cl)nc1NCc1ccc(-c2nc(C(F)(F)F)cn2C)cc1. The van der Waals surface area contributed by atoms with Crippen LogP contribution < -0.4 is 10.1 Å². The van der Waals surface area contributed by atoms with Gasteiger partial charge in [0, 0.05) is 25.4 Å². The molecule has 3 aromatic rings. The predicted molar refractivity (Wildman–Crippen MR) is 104 cm³/mol. The van der Waals surface area contributed by atoms with E-state index in [1.807, 2.05) is 13.8 Å². The summed E-state index contributed by atoms with van der Waals surface area (Å²) in [5, 5.41) is 3.23. The van der Waals surface area contributed by atoms with Gasteiger partial charge in [-0.25, -0.2) is 9.97 Å². The van der Waals surface area contributed by atoms with Crippen LogP contribution in [-0.2, 0) is 19.8 Å². The number of alkyl halides is 3. The monoisotopic (exact) mass is 425 g/mol. The summed E-state index contributed by atoms with van der Waals surface area (Å²) >= 11 is 5.87. The Labute approximate surface area is 170 Å². The number of aromatic nitrogens is 4. The first-order chi connectivity index (χ1) is 13.6. The van der Waals surface area contributed by atoms with Gasteiger partial charge in [-0.1, -0.05) is 24.3 Å². The van der Waals surface area contributed by atoms with Crippen molar-refractivity contribution >= 4 is 17.4 Å². The minimum Gasteiger partial charge on any atom is -0.486 e. The summed E-state index contributed by atoms with van der Waals surface area (Å²) in [6.45, 7) is 4.19. The van der Waals surface area contributed by atoms with Crippen LogP contribution >= 0.6 is 11.6 Å². The maximum Gasteiger partial charge on any atom is 0.434 e. The molecule has 0 aliphatic heterocycles. The first kappa shape index (κ1) is 20.9. The number of anilines is 1. The summed E-state index contributed by atoms with van der Waals surface area (Å²) in [5.74, 6) is 1.18. The quantitative estimate of drug-likeness (QED) is 0.566. The van der Waals surface area contributed by atoms with Crippen LogP contribution in [0.1, 0.15) is 25.1 Å². The number of aryl methyl sites for hydroxylation is 1. The lowest BCUT2D eigenvalue weighted by atomic mass is 10.1. The number of imidazole rings is 1. The van der Waals surface area contributed by atoms with E-state index < -0.39 is 11.9 Å². The zero-order chi connectivity index (χ0) is 21.2. The van der Waals surface area contributed by atoms with Crippen molar-refractivity contribution in [3.63, 3.8) is 0 Å². The van der Waals surface area contributed by atoms with Gasteiger partial charge in [-0.15, -0.1) is 0 Å². The van der Waals surface area contributed by atoms with Crippen molar-refractivity contribution < 1.29 is 17.9 Å². The number of halogens is 4. The molecule has 3 rings (SSSR count). The van der Waals surface area contributed by atoms with Crippen LogP contribution in [0.25, 0.3) is 11.4 Å². The van der Waals surface area contributed by atoms with Crippen molar-refractivity contribution in [3.8, 4) is 17.1 Å². The van der Waals surface area contributed by atoms with Crippen LogP contribution in [-0.4, -0.2) is 25.6 Å². The molecule has 0 spiro atoms. The Morgan fingerprint density at radius 3 is 2.45 bits per heavy atom. The molecule has 6 nitrogen and oxygen atoms in total. The molecule has 0 atom stereocenters. The molecular weight excluding hydrogens is 407 g/mol. The van der Waals surface area contributed by atoms with Crippen molar-refractivity contribution in [2.75, 3.05) is 5.32 Å². The molecule has 2 heterocycles. The summed E-state index contributed by atoms with van der Waals surface area (Å²) in [4.78, 5) is 11.8. The Morgan fingerprint density at radius 2 is 1.86 bits per heavy atom. The number of hydrogen-bond donors (Lipinski definition) is 1. The molecule has 0 aliphatic rings. The van der Waals surface area contributed by atoms with Gasteiger partial charge in [0.15, 0.2) is 17.3 Å². The van der Waals surface area contributed by atoms with E-state index in [4.69, 9.17) is 16.3 Å². The topological polar surface area (TPSA) is 64.9 Å². The van der Waals surface area contributed by atoms with E-state index in [0.29, 0.717) is 23.7 Å². The average Bonchev–Trinajstić information content (AvgIpc) is 3.04. The third kappa shape index (κ3) is 5.17. The van der Waals surface area contributed by atoms with Gasteiger partial charge in [0.2, 0.25) is 5.28 Å². The Hall–Kier alpha value is -2.81. The lowest BCUT2D eigenvalue weighted by molar-refractivity contribution is -0.140. The smallest absolute Gasteiger partial charge is 0.434 e. The summed E-state index contributed by atoms with van der Waals surface area (Å²) in [5.41, 5.74) is 0.559. The molecule has 1 N–H and O–H groups in total. The first-order valence-corrected chi connectivity index (χ1v) is 9.14. The van der Waals surface area contributed by atoms with Gasteiger partial charge >= 0.3 is 6.18 Å². The third-order valence-corrected chi connectivity index (χ3v) is 4.11. The molecule has 29 heavy (non-hydrogen) atoms. The standard InChI is InChI=1S/C19H19ClF3N5O/c1-11(2)29-14-9-25-18(20)27-16(14)24-8-12-4-6-13(7-5-12)17-26-15(10-28(17)3)19(21,22)23/h4-7,9-11H,8H2,1-3H3,(H,24,25,27). The largest absolute Gasteiger partial charge is 0.486 e. The number of ether oxygens (including phenoxy) is 1. The van der Waals surface area contributed by atoms with Crippen molar-refractivity contribution in [3.05, 3.63) is 53.2 Å². The Balaban J connectivity index is 1.74. The van der Waals surface area contributed by atoms with E-state index in [9.17, 15) is 13.2 Å². The molecule has 0 fully saturated rings. The van der Waals surface area contributed by atoms with Crippen LogP contribution in [0.5, 0.6) is 5.75 Å². The van der Waals surface area contributed by atoms with Crippen molar-refractivity contribution in [2.45, 2.75) is 32.7 Å². The van der Waals surface area contributed by atoms with Gasteiger partial charge in [-0.05, 0) is 31.0 Å². The molecular formula is C19H19ClF3N5O. The van der Waals surface area contributed by atoms with Crippen LogP contribution in [0.3, 0.4) is 0 Å². The Morgan fingerprint density at radius 1 is 1.17 bits per heavy atom. The molecule has 0 radical (unpaired) electrons. The molecule has 0 bridgehead atoms. The van der Waals surface area contributed by atoms with Crippen LogP contribution in [0.2, 0.25) is 5.28 Å². The maximum absolute atomic E-state index is 12.8. The second-order valence-electron chi connectivity index (χ2n) is 6.63. The highest BCUT2D eigenvalue weighted by molar-refractivity contribution is 6.28. The number of hydrogen-bond acceptors (Lipinski definition) is 5. The van der Waals surface area contributed by atoms with Crippen molar-refractivity contribution in [2.24, 2.45) is 7.05 Å². The highest BCUT2D eigenvalue weighted by Crippen LogP contribution is 2.30. The van der Waals surface area contributed by atoms with Gasteiger partial charge in [-0.3, -0.25) is 0 Å². The molecule has 0 amide bonds. The number of nitrogens with one attached hydrogen (secondary N) is 1. The van der Waals surface area contributed by atoms with E-state index in [0.717, 1.165) is 11.8 Å². The van der Waals surface area contributed by atoms with Gasteiger partial charge in [0.05, 0.1) is 12.3 Å². The van der Waals surface area contributed by atoms with E-state index >= 15 is 0 Å². The van der Waals surface area contributed by atoms with Crippen LogP contribution in [0, 0.1) is 0 Å². The molecule has 154 valence electrons. The van der Waals surface area contributed by atoms with Gasteiger partial charge in [0.1, 0.15) is 5.82 Å². The van der Waals surface area contributed by atoms with Crippen LogP contribution in [0.4, 0.5) is 19.0 Å².